The lowest BCUT2D eigenvalue weighted by Crippen LogP contribution is -1.99. The first kappa shape index (κ1) is 13.0. The number of rotatable bonds is 2. The van der Waals surface area contributed by atoms with Gasteiger partial charge in [-0.2, -0.15) is 5.10 Å². The molecule has 1 N–H and O–H groups in total. The summed E-state index contributed by atoms with van der Waals surface area (Å²) in [6, 6.07) is 9.83. The number of aromatic amines is 1. The van der Waals surface area contributed by atoms with Gasteiger partial charge in [-0.05, 0) is 42.5 Å². The first-order chi connectivity index (χ1) is 9.66. The maximum Gasteiger partial charge on any atom is 0.200 e. The highest BCUT2D eigenvalue weighted by molar-refractivity contribution is 7.71. The van der Waals surface area contributed by atoms with E-state index in [0.717, 1.165) is 0 Å². The molecule has 2 heterocycles. The summed E-state index contributed by atoms with van der Waals surface area (Å²) in [5, 5.41) is 6.89. The van der Waals surface area contributed by atoms with Crippen molar-refractivity contribution in [2.75, 3.05) is 0 Å². The van der Waals surface area contributed by atoms with Gasteiger partial charge in [0, 0.05) is 6.20 Å². The van der Waals surface area contributed by atoms with Gasteiger partial charge in [-0.15, -0.1) is 0 Å². The predicted molar refractivity (Wildman–Crippen MR) is 76.9 cm³/mol. The molecule has 0 aliphatic carbocycles. The van der Waals surface area contributed by atoms with Gasteiger partial charge < -0.3 is 0 Å². The molecule has 0 spiro atoms. The van der Waals surface area contributed by atoms with E-state index in [-0.39, 0.29) is 5.02 Å². The maximum atomic E-state index is 13.3. The normalized spacial score (nSPS) is 10.7. The third kappa shape index (κ3) is 2.23. The van der Waals surface area contributed by atoms with Crippen molar-refractivity contribution in [1.82, 2.24) is 19.7 Å². The monoisotopic (exact) mass is 306 g/mol. The molecule has 1 aromatic carbocycles. The molecule has 0 radical (unpaired) electrons. The minimum Gasteiger partial charge on any atom is -0.267 e. The lowest BCUT2D eigenvalue weighted by atomic mass is 10.3. The number of hydrogen-bond donors (Lipinski definition) is 1. The van der Waals surface area contributed by atoms with E-state index in [2.05, 4.69) is 15.2 Å². The van der Waals surface area contributed by atoms with Crippen molar-refractivity contribution in [1.29, 1.82) is 0 Å². The van der Waals surface area contributed by atoms with Gasteiger partial charge in [0.25, 0.3) is 0 Å². The van der Waals surface area contributed by atoms with Crippen LogP contribution in [-0.2, 0) is 0 Å². The summed E-state index contributed by atoms with van der Waals surface area (Å²) in [5.74, 6) is 0.0584. The van der Waals surface area contributed by atoms with Crippen LogP contribution in [0.2, 0.25) is 5.02 Å². The lowest BCUT2D eigenvalue weighted by Gasteiger charge is -2.07. The van der Waals surface area contributed by atoms with Crippen LogP contribution in [-0.4, -0.2) is 19.7 Å². The number of halogens is 2. The molecule has 20 heavy (non-hydrogen) atoms. The van der Waals surface area contributed by atoms with Gasteiger partial charge in [0.1, 0.15) is 11.5 Å². The lowest BCUT2D eigenvalue weighted by molar-refractivity contribution is 0.628. The number of pyridine rings is 1. The summed E-state index contributed by atoms with van der Waals surface area (Å²) < 4.78 is 15.3. The second kappa shape index (κ2) is 5.15. The highest BCUT2D eigenvalue weighted by Crippen LogP contribution is 2.23. The van der Waals surface area contributed by atoms with Crippen LogP contribution in [0.4, 0.5) is 4.39 Å². The van der Waals surface area contributed by atoms with E-state index >= 15 is 0 Å². The van der Waals surface area contributed by atoms with Crippen molar-refractivity contribution in [2.24, 2.45) is 0 Å². The third-order valence-electron chi connectivity index (χ3n) is 2.73. The van der Waals surface area contributed by atoms with Crippen LogP contribution in [0.1, 0.15) is 0 Å². The van der Waals surface area contributed by atoms with Crippen molar-refractivity contribution in [3.8, 4) is 17.2 Å². The van der Waals surface area contributed by atoms with Gasteiger partial charge in [-0.25, -0.2) is 4.39 Å². The molecule has 0 amide bonds. The summed E-state index contributed by atoms with van der Waals surface area (Å²) in [6.07, 6.45) is 1.66. The molecular formula is C13H8ClFN4S. The topological polar surface area (TPSA) is 46.5 Å². The molecule has 0 fully saturated rings. The first-order valence-electron chi connectivity index (χ1n) is 5.71. The van der Waals surface area contributed by atoms with Crippen LogP contribution in [0.25, 0.3) is 17.2 Å². The standard InChI is InChI=1S/C13H8ClFN4S/c14-9-7-8(4-5-10(9)15)19-12(17-18-13(19)20)11-3-1-2-6-16-11/h1-7H,(H,18,20). The maximum absolute atomic E-state index is 13.3. The van der Waals surface area contributed by atoms with Crippen LogP contribution in [0.5, 0.6) is 0 Å². The molecule has 100 valence electrons. The Morgan fingerprint density at radius 2 is 2.10 bits per heavy atom. The van der Waals surface area contributed by atoms with Crippen molar-refractivity contribution in [3.05, 3.63) is 58.2 Å². The molecule has 0 unspecified atom stereocenters. The van der Waals surface area contributed by atoms with E-state index in [1.165, 1.54) is 12.1 Å². The summed E-state index contributed by atoms with van der Waals surface area (Å²) in [4.78, 5) is 4.23. The van der Waals surface area contributed by atoms with Gasteiger partial charge in [0.2, 0.25) is 0 Å². The van der Waals surface area contributed by atoms with Gasteiger partial charge in [0.05, 0.1) is 10.7 Å². The number of hydrogen-bond acceptors (Lipinski definition) is 3. The molecule has 3 rings (SSSR count). The number of nitrogens with zero attached hydrogens (tertiary/aromatic N) is 3. The Labute approximate surface area is 123 Å². The Hall–Kier alpha value is -2.05. The Kier molecular flexibility index (Phi) is 3.33. The molecule has 0 atom stereocenters. The molecule has 0 saturated heterocycles. The Balaban J connectivity index is 2.22. The zero-order valence-corrected chi connectivity index (χ0v) is 11.6. The summed E-state index contributed by atoms with van der Waals surface area (Å²) >= 11 is 11.0. The average molecular weight is 307 g/mol. The summed E-state index contributed by atoms with van der Waals surface area (Å²) in [6.45, 7) is 0. The highest BCUT2D eigenvalue weighted by atomic mass is 35.5. The van der Waals surface area contributed by atoms with Crippen LogP contribution in [0, 0.1) is 10.6 Å². The molecule has 0 saturated carbocycles. The van der Waals surface area contributed by atoms with E-state index in [9.17, 15) is 4.39 Å². The molecule has 2 aromatic heterocycles. The minimum absolute atomic E-state index is 0.0255. The Bertz CT molecular complexity index is 813. The minimum atomic E-state index is -0.482. The molecule has 4 nitrogen and oxygen atoms in total. The second-order valence-corrected chi connectivity index (χ2v) is 4.80. The smallest absolute Gasteiger partial charge is 0.200 e. The van der Waals surface area contributed by atoms with Gasteiger partial charge in [0.15, 0.2) is 10.6 Å². The van der Waals surface area contributed by atoms with Crippen LogP contribution in [0.15, 0.2) is 42.6 Å². The molecule has 3 aromatic rings. The Morgan fingerprint density at radius 3 is 2.80 bits per heavy atom. The number of nitrogens with one attached hydrogen (secondary N) is 1. The molecule has 7 heteroatoms. The fraction of sp³-hybridized carbons (Fsp3) is 0. The third-order valence-corrected chi connectivity index (χ3v) is 3.29. The second-order valence-electron chi connectivity index (χ2n) is 4.00. The van der Waals surface area contributed by atoms with E-state index in [4.69, 9.17) is 23.8 Å². The zero-order chi connectivity index (χ0) is 14.1. The van der Waals surface area contributed by atoms with Crippen LogP contribution < -0.4 is 0 Å². The number of aromatic nitrogens is 4. The summed E-state index contributed by atoms with van der Waals surface area (Å²) in [7, 11) is 0. The van der Waals surface area contributed by atoms with Gasteiger partial charge >= 0.3 is 0 Å². The quantitative estimate of drug-likeness (QED) is 0.733. The van der Waals surface area contributed by atoms with Crippen molar-refractivity contribution in [3.63, 3.8) is 0 Å². The van der Waals surface area contributed by atoms with Crippen LogP contribution in [0.3, 0.4) is 0 Å². The van der Waals surface area contributed by atoms with E-state index in [1.54, 1.807) is 16.8 Å². The largest absolute Gasteiger partial charge is 0.267 e. The van der Waals surface area contributed by atoms with Crippen molar-refractivity contribution in [2.45, 2.75) is 0 Å². The van der Waals surface area contributed by atoms with E-state index in [1.807, 2.05) is 18.2 Å². The molecule has 0 aliphatic rings. The fourth-order valence-corrected chi connectivity index (χ4v) is 2.24. The summed E-state index contributed by atoms with van der Waals surface area (Å²) in [5.41, 5.74) is 1.27. The molecular weight excluding hydrogens is 299 g/mol. The Morgan fingerprint density at radius 1 is 1.25 bits per heavy atom. The first-order valence-corrected chi connectivity index (χ1v) is 6.49. The highest BCUT2D eigenvalue weighted by Gasteiger charge is 2.12. The number of benzene rings is 1. The molecule has 0 bridgehead atoms. The predicted octanol–water partition coefficient (Wildman–Crippen LogP) is 3.78. The van der Waals surface area contributed by atoms with Crippen molar-refractivity contribution >= 4 is 23.8 Å². The van der Waals surface area contributed by atoms with E-state index in [0.29, 0.717) is 22.0 Å². The van der Waals surface area contributed by atoms with E-state index < -0.39 is 5.82 Å². The zero-order valence-electron chi connectivity index (χ0n) is 10.0. The van der Waals surface area contributed by atoms with Crippen molar-refractivity contribution < 1.29 is 4.39 Å². The molecule has 0 aliphatic heterocycles. The average Bonchev–Trinajstić information content (AvgIpc) is 2.85. The SMILES string of the molecule is Fc1ccc(-n2c(-c3ccccn3)n[nH]c2=S)cc1Cl. The van der Waals surface area contributed by atoms with Gasteiger partial charge in [-0.3, -0.25) is 14.6 Å². The van der Waals surface area contributed by atoms with Crippen LogP contribution >= 0.6 is 23.8 Å². The van der Waals surface area contributed by atoms with Gasteiger partial charge in [-0.1, -0.05) is 17.7 Å². The number of H-pyrrole nitrogens is 1. The fourth-order valence-electron chi connectivity index (χ4n) is 1.83.